The molecule has 0 bridgehead atoms. The van der Waals surface area contributed by atoms with Crippen LogP contribution in [0.15, 0.2) is 18.2 Å². The number of benzene rings is 1. The van der Waals surface area contributed by atoms with Crippen LogP contribution < -0.4 is 10.2 Å². The average molecular weight is 455 g/mol. The number of aromatic amines is 1. The summed E-state index contributed by atoms with van der Waals surface area (Å²) in [5, 5.41) is 3.04. The summed E-state index contributed by atoms with van der Waals surface area (Å²) >= 11 is 0. The van der Waals surface area contributed by atoms with Crippen molar-refractivity contribution in [3.63, 3.8) is 0 Å². The maximum Gasteiger partial charge on any atom is 0.340 e. The lowest BCUT2D eigenvalue weighted by Gasteiger charge is -2.37. The number of rotatable bonds is 9. The summed E-state index contributed by atoms with van der Waals surface area (Å²) in [6, 6.07) is 6.50. The zero-order chi connectivity index (χ0) is 24.0. The zero-order valence-electron chi connectivity index (χ0n) is 20.7. The summed E-state index contributed by atoms with van der Waals surface area (Å²) in [5.74, 6) is -0.273. The van der Waals surface area contributed by atoms with Crippen LogP contribution in [-0.4, -0.2) is 67.6 Å². The molecule has 0 radical (unpaired) electrons. The molecule has 7 heteroatoms. The molecular formula is C26H38N4O3. The summed E-state index contributed by atoms with van der Waals surface area (Å²) in [6.45, 7) is 15.8. The van der Waals surface area contributed by atoms with Crippen molar-refractivity contribution in [2.24, 2.45) is 0 Å². The summed E-state index contributed by atoms with van der Waals surface area (Å²) < 4.78 is 5.14. The SMILES string of the molecule is CCOC(=O)c1c(C)[nH]c(CCC(=O)NCCN2CCN(c3cccc(C)c3C)CC2)c1C. The molecule has 1 fully saturated rings. The fraction of sp³-hybridized carbons (Fsp3) is 0.538. The maximum absolute atomic E-state index is 12.4. The van der Waals surface area contributed by atoms with Gasteiger partial charge in [-0.05, 0) is 63.8 Å². The number of amides is 1. The highest BCUT2D eigenvalue weighted by Crippen LogP contribution is 2.24. The van der Waals surface area contributed by atoms with Gasteiger partial charge in [0.25, 0.3) is 0 Å². The Labute approximate surface area is 197 Å². The highest BCUT2D eigenvalue weighted by Gasteiger charge is 2.20. The second-order valence-electron chi connectivity index (χ2n) is 8.85. The molecule has 0 spiro atoms. The van der Waals surface area contributed by atoms with E-state index in [2.05, 4.69) is 52.1 Å². The van der Waals surface area contributed by atoms with E-state index in [0.29, 0.717) is 31.6 Å². The Balaban J connectivity index is 1.39. The van der Waals surface area contributed by atoms with Crippen LogP contribution in [0, 0.1) is 27.7 Å². The van der Waals surface area contributed by atoms with Gasteiger partial charge in [0.1, 0.15) is 0 Å². The molecule has 2 heterocycles. The van der Waals surface area contributed by atoms with Crippen LogP contribution in [0.5, 0.6) is 0 Å². The second-order valence-corrected chi connectivity index (χ2v) is 8.85. The van der Waals surface area contributed by atoms with Gasteiger partial charge >= 0.3 is 5.97 Å². The molecule has 33 heavy (non-hydrogen) atoms. The van der Waals surface area contributed by atoms with Gasteiger partial charge in [0.2, 0.25) is 5.91 Å². The molecule has 1 aliphatic rings. The lowest BCUT2D eigenvalue weighted by atomic mass is 10.1. The third kappa shape index (κ3) is 6.16. The number of carbonyl (C=O) groups excluding carboxylic acids is 2. The van der Waals surface area contributed by atoms with Gasteiger partial charge in [-0.15, -0.1) is 0 Å². The Morgan fingerprint density at radius 1 is 1.06 bits per heavy atom. The number of nitrogens with one attached hydrogen (secondary N) is 2. The zero-order valence-corrected chi connectivity index (χ0v) is 20.7. The number of aromatic nitrogens is 1. The molecule has 1 aromatic carbocycles. The molecule has 0 atom stereocenters. The number of anilines is 1. The molecule has 0 aliphatic carbocycles. The van der Waals surface area contributed by atoms with Crippen LogP contribution in [-0.2, 0) is 16.0 Å². The van der Waals surface area contributed by atoms with Gasteiger partial charge in [0.15, 0.2) is 0 Å². The normalized spacial score (nSPS) is 14.4. The van der Waals surface area contributed by atoms with Crippen molar-refractivity contribution < 1.29 is 14.3 Å². The molecular weight excluding hydrogens is 416 g/mol. The van der Waals surface area contributed by atoms with Crippen LogP contribution >= 0.6 is 0 Å². The van der Waals surface area contributed by atoms with Gasteiger partial charge in [-0.2, -0.15) is 0 Å². The molecule has 1 saturated heterocycles. The molecule has 7 nitrogen and oxygen atoms in total. The van der Waals surface area contributed by atoms with Crippen molar-refractivity contribution in [2.45, 2.75) is 47.5 Å². The van der Waals surface area contributed by atoms with Crippen molar-refractivity contribution in [3.05, 3.63) is 51.8 Å². The van der Waals surface area contributed by atoms with Crippen LogP contribution in [0.3, 0.4) is 0 Å². The Morgan fingerprint density at radius 2 is 1.79 bits per heavy atom. The van der Waals surface area contributed by atoms with E-state index in [1.807, 2.05) is 13.8 Å². The van der Waals surface area contributed by atoms with E-state index < -0.39 is 0 Å². The molecule has 1 aliphatic heterocycles. The number of aryl methyl sites for hydroxylation is 3. The first-order valence-electron chi connectivity index (χ1n) is 12.0. The van der Waals surface area contributed by atoms with Gasteiger partial charge in [-0.3, -0.25) is 9.69 Å². The lowest BCUT2D eigenvalue weighted by Crippen LogP contribution is -2.48. The van der Waals surface area contributed by atoms with Gasteiger partial charge in [0.05, 0.1) is 12.2 Å². The van der Waals surface area contributed by atoms with Crippen molar-refractivity contribution in [3.8, 4) is 0 Å². The van der Waals surface area contributed by atoms with E-state index in [1.165, 1.54) is 16.8 Å². The van der Waals surface area contributed by atoms with Crippen molar-refractivity contribution in [1.29, 1.82) is 0 Å². The van der Waals surface area contributed by atoms with Crippen LogP contribution in [0.4, 0.5) is 5.69 Å². The number of piperazine rings is 1. The quantitative estimate of drug-likeness (QED) is 0.569. The summed E-state index contributed by atoms with van der Waals surface area (Å²) in [6.07, 6.45) is 0.968. The third-order valence-corrected chi connectivity index (χ3v) is 6.66. The number of nitrogens with zero attached hydrogens (tertiary/aromatic N) is 2. The molecule has 180 valence electrons. The van der Waals surface area contributed by atoms with E-state index in [0.717, 1.165) is 49.7 Å². The summed E-state index contributed by atoms with van der Waals surface area (Å²) in [5.41, 5.74) is 7.21. The fourth-order valence-electron chi connectivity index (χ4n) is 4.55. The molecule has 3 rings (SSSR count). The number of H-pyrrole nitrogens is 1. The minimum Gasteiger partial charge on any atom is -0.462 e. The third-order valence-electron chi connectivity index (χ3n) is 6.66. The van der Waals surface area contributed by atoms with Crippen molar-refractivity contribution in [2.75, 3.05) is 50.8 Å². The topological polar surface area (TPSA) is 77.7 Å². The fourth-order valence-corrected chi connectivity index (χ4v) is 4.55. The van der Waals surface area contributed by atoms with E-state index in [9.17, 15) is 9.59 Å². The monoisotopic (exact) mass is 454 g/mol. The Kier molecular flexibility index (Phi) is 8.55. The van der Waals surface area contributed by atoms with Gasteiger partial charge < -0.3 is 19.9 Å². The maximum atomic E-state index is 12.4. The van der Waals surface area contributed by atoms with Gasteiger partial charge in [-0.25, -0.2) is 4.79 Å². The first-order valence-corrected chi connectivity index (χ1v) is 12.0. The van der Waals surface area contributed by atoms with Crippen molar-refractivity contribution in [1.82, 2.24) is 15.2 Å². The first kappa shape index (κ1) is 24.8. The minimum absolute atomic E-state index is 0.0355. The van der Waals surface area contributed by atoms with Gasteiger partial charge in [0, 0.05) is 62.8 Å². The molecule has 1 amide bonds. The molecule has 0 unspecified atom stereocenters. The Morgan fingerprint density at radius 3 is 2.48 bits per heavy atom. The number of esters is 1. The molecule has 1 aromatic heterocycles. The second kappa shape index (κ2) is 11.4. The standard InChI is InChI=1S/C26H38N4O3/c1-6-33-26(32)25-20(4)22(28-21(25)5)10-11-24(31)27-12-13-29-14-16-30(17-15-29)23-9-7-8-18(2)19(23)3/h7-9,28H,6,10-17H2,1-5H3,(H,27,31). The Hall–Kier alpha value is -2.80. The minimum atomic E-state index is -0.308. The molecule has 2 N–H and O–H groups in total. The van der Waals surface area contributed by atoms with Gasteiger partial charge in [-0.1, -0.05) is 12.1 Å². The predicted octanol–water partition coefficient (Wildman–Crippen LogP) is 3.30. The first-order chi connectivity index (χ1) is 15.8. The van der Waals surface area contributed by atoms with Crippen LogP contribution in [0.25, 0.3) is 0 Å². The Bertz CT molecular complexity index is 974. The average Bonchev–Trinajstić information content (AvgIpc) is 3.08. The highest BCUT2D eigenvalue weighted by atomic mass is 16.5. The smallest absolute Gasteiger partial charge is 0.340 e. The highest BCUT2D eigenvalue weighted by molar-refractivity contribution is 5.92. The summed E-state index contributed by atoms with van der Waals surface area (Å²) in [7, 11) is 0. The number of hydrogen-bond acceptors (Lipinski definition) is 5. The number of ether oxygens (including phenoxy) is 1. The summed E-state index contributed by atoms with van der Waals surface area (Å²) in [4.78, 5) is 32.6. The van der Waals surface area contributed by atoms with E-state index in [-0.39, 0.29) is 11.9 Å². The van der Waals surface area contributed by atoms with E-state index in [1.54, 1.807) is 6.92 Å². The van der Waals surface area contributed by atoms with E-state index >= 15 is 0 Å². The molecule has 0 saturated carbocycles. The van der Waals surface area contributed by atoms with Crippen LogP contribution in [0.1, 0.15) is 51.8 Å². The van der Waals surface area contributed by atoms with Crippen LogP contribution in [0.2, 0.25) is 0 Å². The molecule has 2 aromatic rings. The predicted molar refractivity (Wildman–Crippen MR) is 132 cm³/mol. The van der Waals surface area contributed by atoms with Crippen molar-refractivity contribution >= 4 is 17.6 Å². The van der Waals surface area contributed by atoms with E-state index in [4.69, 9.17) is 4.74 Å². The largest absolute Gasteiger partial charge is 0.462 e. The lowest BCUT2D eigenvalue weighted by molar-refractivity contribution is -0.121. The number of hydrogen-bond donors (Lipinski definition) is 2. The number of carbonyl (C=O) groups is 2.